The van der Waals surface area contributed by atoms with Gasteiger partial charge in [-0.1, -0.05) is 67.6 Å². The highest BCUT2D eigenvalue weighted by atomic mass is 16.5. The van der Waals surface area contributed by atoms with Crippen molar-refractivity contribution in [2.75, 3.05) is 13.2 Å². The smallest absolute Gasteiger partial charge is 0.335 e. The molecule has 0 aromatic heterocycles. The molecule has 1 atom stereocenters. The quantitative estimate of drug-likeness (QED) is 0.612. The molecule has 3 nitrogen and oxygen atoms in total. The summed E-state index contributed by atoms with van der Waals surface area (Å²) in [6, 6.07) is 16.8. The predicted molar refractivity (Wildman–Crippen MR) is 96.8 cm³/mol. The molecule has 3 heteroatoms. The Kier molecular flexibility index (Phi) is 6.33. The number of aliphatic hydroxyl groups excluding tert-OH is 1. The van der Waals surface area contributed by atoms with Gasteiger partial charge in [0.2, 0.25) is 0 Å². The molecule has 0 aliphatic rings. The number of aryl methyl sites for hydroxylation is 1. The summed E-state index contributed by atoms with van der Waals surface area (Å²) >= 11 is 0. The van der Waals surface area contributed by atoms with Gasteiger partial charge in [-0.2, -0.15) is 0 Å². The van der Waals surface area contributed by atoms with E-state index in [0.29, 0.717) is 0 Å². The number of aliphatic hydroxyl groups is 1. The Bertz CT molecular complexity index is 684. The van der Waals surface area contributed by atoms with E-state index in [9.17, 15) is 4.79 Å². The summed E-state index contributed by atoms with van der Waals surface area (Å²) < 4.78 is 5.23. The zero-order chi connectivity index (χ0) is 17.5. The van der Waals surface area contributed by atoms with Crippen LogP contribution in [-0.2, 0) is 9.53 Å². The molecule has 0 saturated heterocycles. The molecule has 24 heavy (non-hydrogen) atoms. The van der Waals surface area contributed by atoms with Crippen molar-refractivity contribution < 1.29 is 14.6 Å². The van der Waals surface area contributed by atoms with Crippen molar-refractivity contribution in [1.82, 2.24) is 0 Å². The first-order valence-corrected chi connectivity index (χ1v) is 8.18. The minimum absolute atomic E-state index is 0.0829. The molecular weight excluding hydrogens is 300 g/mol. The highest BCUT2D eigenvalue weighted by Gasteiger charge is 2.14. The fourth-order valence-electron chi connectivity index (χ4n) is 2.49. The predicted octanol–water partition coefficient (Wildman–Crippen LogP) is 4.25. The van der Waals surface area contributed by atoms with Crippen molar-refractivity contribution in [1.29, 1.82) is 0 Å². The summed E-state index contributed by atoms with van der Waals surface area (Å²) in [6.45, 7) is 7.53. The fraction of sp³-hybridized carbons (Fsp3) is 0.286. The molecule has 0 bridgehead atoms. The second-order valence-electron chi connectivity index (χ2n) is 5.95. The number of carbonyl (C=O) groups excluding carboxylic acids is 1. The molecule has 0 saturated carbocycles. The zero-order valence-electron chi connectivity index (χ0n) is 14.3. The van der Waals surface area contributed by atoms with Crippen LogP contribution in [0.25, 0.3) is 11.1 Å². The maximum atomic E-state index is 11.6. The van der Waals surface area contributed by atoms with Crippen LogP contribution in [-0.4, -0.2) is 24.3 Å². The Balaban J connectivity index is 2.06. The summed E-state index contributed by atoms with van der Waals surface area (Å²) in [6.07, 6.45) is 0.864. The number of ether oxygens (including phenoxy) is 1. The van der Waals surface area contributed by atoms with Crippen molar-refractivity contribution in [3.63, 3.8) is 0 Å². The summed E-state index contributed by atoms with van der Waals surface area (Å²) in [5.41, 5.74) is 4.81. The molecule has 2 aromatic carbocycles. The van der Waals surface area contributed by atoms with Crippen LogP contribution in [0.1, 0.15) is 30.4 Å². The number of carbonyl (C=O) groups is 1. The number of esters is 1. The van der Waals surface area contributed by atoms with E-state index >= 15 is 0 Å². The Morgan fingerprint density at radius 1 is 1.08 bits per heavy atom. The molecular formula is C21H24O3. The molecule has 0 aliphatic heterocycles. The van der Waals surface area contributed by atoms with E-state index in [0.717, 1.165) is 12.0 Å². The van der Waals surface area contributed by atoms with E-state index in [1.807, 2.05) is 0 Å². The van der Waals surface area contributed by atoms with E-state index < -0.39 is 5.97 Å². The zero-order valence-corrected chi connectivity index (χ0v) is 14.3. The largest absolute Gasteiger partial charge is 0.462 e. The van der Waals surface area contributed by atoms with E-state index in [1.54, 1.807) is 0 Å². The standard InChI is InChI=1S/C21H24O3/c1-4-17(14-24-21(23)16(3)13-22)18-9-11-20(12-10-18)19-7-5-15(2)6-8-19/h5-12,17,22H,3-4,13-14H2,1-2H3. The van der Waals surface area contributed by atoms with Crippen LogP contribution in [0.4, 0.5) is 0 Å². The molecule has 0 amide bonds. The molecule has 0 aliphatic carbocycles. The van der Waals surface area contributed by atoms with E-state index in [4.69, 9.17) is 9.84 Å². The van der Waals surface area contributed by atoms with Crippen molar-refractivity contribution in [3.05, 3.63) is 71.8 Å². The van der Waals surface area contributed by atoms with E-state index in [2.05, 4.69) is 69.0 Å². The first kappa shape index (κ1) is 18.0. The maximum absolute atomic E-state index is 11.6. The van der Waals surface area contributed by atoms with Gasteiger partial charge in [-0.3, -0.25) is 0 Å². The van der Waals surface area contributed by atoms with Crippen LogP contribution >= 0.6 is 0 Å². The van der Waals surface area contributed by atoms with Gasteiger partial charge in [-0.05, 0) is 30.0 Å². The fourth-order valence-corrected chi connectivity index (χ4v) is 2.49. The third-order valence-corrected chi connectivity index (χ3v) is 4.15. The molecule has 2 rings (SSSR count). The van der Waals surface area contributed by atoms with Gasteiger partial charge in [-0.15, -0.1) is 0 Å². The molecule has 0 heterocycles. The topological polar surface area (TPSA) is 46.5 Å². The summed E-state index contributed by atoms with van der Waals surface area (Å²) in [5, 5.41) is 8.90. The Labute approximate surface area is 143 Å². The molecule has 1 unspecified atom stereocenters. The van der Waals surface area contributed by atoms with Crippen LogP contribution in [0, 0.1) is 6.92 Å². The Morgan fingerprint density at radius 3 is 2.12 bits per heavy atom. The number of benzene rings is 2. The van der Waals surface area contributed by atoms with Gasteiger partial charge in [0.15, 0.2) is 0 Å². The maximum Gasteiger partial charge on any atom is 0.335 e. The normalized spacial score (nSPS) is 11.8. The van der Waals surface area contributed by atoms with Crippen molar-refractivity contribution in [2.24, 2.45) is 0 Å². The minimum atomic E-state index is -0.535. The van der Waals surface area contributed by atoms with Crippen LogP contribution in [0.15, 0.2) is 60.7 Å². The molecule has 2 aromatic rings. The van der Waals surface area contributed by atoms with E-state index in [-0.39, 0.29) is 24.7 Å². The number of rotatable bonds is 7. The lowest BCUT2D eigenvalue weighted by molar-refractivity contribution is -0.140. The molecule has 1 N–H and O–H groups in total. The lowest BCUT2D eigenvalue weighted by Crippen LogP contribution is -2.15. The molecule has 0 spiro atoms. The molecule has 126 valence electrons. The van der Waals surface area contributed by atoms with Crippen LogP contribution < -0.4 is 0 Å². The van der Waals surface area contributed by atoms with Gasteiger partial charge >= 0.3 is 5.97 Å². The van der Waals surface area contributed by atoms with Gasteiger partial charge in [0.25, 0.3) is 0 Å². The van der Waals surface area contributed by atoms with Crippen LogP contribution in [0.3, 0.4) is 0 Å². The number of hydrogen-bond acceptors (Lipinski definition) is 3. The third-order valence-electron chi connectivity index (χ3n) is 4.15. The van der Waals surface area contributed by atoms with Gasteiger partial charge < -0.3 is 9.84 Å². The van der Waals surface area contributed by atoms with Gasteiger partial charge in [0.05, 0.1) is 18.8 Å². The van der Waals surface area contributed by atoms with Crippen molar-refractivity contribution >= 4 is 5.97 Å². The molecule has 0 radical (unpaired) electrons. The average molecular weight is 324 g/mol. The monoisotopic (exact) mass is 324 g/mol. The van der Waals surface area contributed by atoms with E-state index in [1.165, 1.54) is 16.7 Å². The second-order valence-corrected chi connectivity index (χ2v) is 5.95. The third kappa shape index (κ3) is 4.56. The van der Waals surface area contributed by atoms with Crippen LogP contribution in [0.2, 0.25) is 0 Å². The van der Waals surface area contributed by atoms with Crippen molar-refractivity contribution in [2.45, 2.75) is 26.2 Å². The second kappa shape index (κ2) is 8.46. The summed E-state index contributed by atoms with van der Waals surface area (Å²) in [5.74, 6) is -0.403. The Hall–Kier alpha value is -2.39. The SMILES string of the molecule is C=C(CO)C(=O)OCC(CC)c1ccc(-c2ccc(C)cc2)cc1. The van der Waals surface area contributed by atoms with Gasteiger partial charge in [-0.25, -0.2) is 4.79 Å². The van der Waals surface area contributed by atoms with Crippen LogP contribution in [0.5, 0.6) is 0 Å². The minimum Gasteiger partial charge on any atom is -0.462 e. The lowest BCUT2D eigenvalue weighted by Gasteiger charge is -2.16. The number of hydrogen-bond donors (Lipinski definition) is 1. The van der Waals surface area contributed by atoms with Gasteiger partial charge in [0.1, 0.15) is 0 Å². The highest BCUT2D eigenvalue weighted by molar-refractivity contribution is 5.87. The Morgan fingerprint density at radius 2 is 1.62 bits per heavy atom. The first-order chi connectivity index (χ1) is 11.5. The van der Waals surface area contributed by atoms with Crippen molar-refractivity contribution in [3.8, 4) is 11.1 Å². The average Bonchev–Trinajstić information content (AvgIpc) is 2.62. The lowest BCUT2D eigenvalue weighted by atomic mass is 9.94. The van der Waals surface area contributed by atoms with Gasteiger partial charge in [0, 0.05) is 5.92 Å². The summed E-state index contributed by atoms with van der Waals surface area (Å²) in [7, 11) is 0. The highest BCUT2D eigenvalue weighted by Crippen LogP contribution is 2.25. The first-order valence-electron chi connectivity index (χ1n) is 8.18. The molecule has 0 fully saturated rings. The summed E-state index contributed by atoms with van der Waals surface area (Å²) in [4.78, 5) is 11.6.